The Labute approximate surface area is 154 Å². The van der Waals surface area contributed by atoms with Crippen LogP contribution in [0.3, 0.4) is 0 Å². The summed E-state index contributed by atoms with van der Waals surface area (Å²) in [5, 5.41) is 11.8. The first kappa shape index (κ1) is 17.1. The standard InChI is InChI=1S/C19H14ClN3OS/c20-16(13-7-10-14-8-3-1-4-9-14)18-22-23-19(25-18)17(24)21-15-11-5-2-6-12-15/h1-13H,(H,21,24)/b10-7+,16-13-. The van der Waals surface area contributed by atoms with Gasteiger partial charge in [-0.1, -0.05) is 83.6 Å². The quantitative estimate of drug-likeness (QED) is 0.639. The molecule has 0 aliphatic rings. The molecule has 124 valence electrons. The van der Waals surface area contributed by atoms with Crippen molar-refractivity contribution in [2.75, 3.05) is 5.32 Å². The lowest BCUT2D eigenvalue weighted by Crippen LogP contribution is -2.11. The number of carbonyl (C=O) groups excluding carboxylic acids is 1. The van der Waals surface area contributed by atoms with Gasteiger partial charge in [-0.05, 0) is 23.8 Å². The molecule has 1 heterocycles. The maximum Gasteiger partial charge on any atom is 0.286 e. The normalized spacial score (nSPS) is 11.6. The van der Waals surface area contributed by atoms with E-state index in [9.17, 15) is 4.79 Å². The molecule has 3 rings (SSSR count). The molecule has 1 amide bonds. The van der Waals surface area contributed by atoms with Crippen molar-refractivity contribution in [2.24, 2.45) is 0 Å². The number of halogens is 1. The molecule has 0 atom stereocenters. The number of nitrogens with zero attached hydrogens (tertiary/aromatic N) is 2. The molecule has 25 heavy (non-hydrogen) atoms. The van der Waals surface area contributed by atoms with Crippen molar-refractivity contribution in [3.63, 3.8) is 0 Å². The summed E-state index contributed by atoms with van der Waals surface area (Å²) in [6.07, 6.45) is 5.50. The van der Waals surface area contributed by atoms with E-state index in [1.807, 2.05) is 60.7 Å². The van der Waals surface area contributed by atoms with Gasteiger partial charge in [-0.15, -0.1) is 10.2 Å². The molecule has 0 aliphatic heterocycles. The number of amides is 1. The van der Waals surface area contributed by atoms with E-state index in [-0.39, 0.29) is 10.9 Å². The number of benzene rings is 2. The van der Waals surface area contributed by atoms with Gasteiger partial charge in [0, 0.05) is 5.69 Å². The van der Waals surface area contributed by atoms with Crippen LogP contribution in [0, 0.1) is 0 Å². The Morgan fingerprint density at radius 2 is 1.60 bits per heavy atom. The highest BCUT2D eigenvalue weighted by Gasteiger charge is 2.14. The van der Waals surface area contributed by atoms with Crippen LogP contribution in [-0.2, 0) is 0 Å². The van der Waals surface area contributed by atoms with Crippen LogP contribution >= 0.6 is 22.9 Å². The van der Waals surface area contributed by atoms with E-state index in [0.29, 0.717) is 15.7 Å². The smallest absolute Gasteiger partial charge is 0.286 e. The van der Waals surface area contributed by atoms with Crippen molar-refractivity contribution < 1.29 is 4.79 Å². The van der Waals surface area contributed by atoms with Crippen molar-refractivity contribution in [2.45, 2.75) is 0 Å². The third kappa shape index (κ3) is 4.86. The number of hydrogen-bond donors (Lipinski definition) is 1. The third-order valence-electron chi connectivity index (χ3n) is 3.19. The fraction of sp³-hybridized carbons (Fsp3) is 0. The highest BCUT2D eigenvalue weighted by molar-refractivity contribution is 7.15. The Balaban J connectivity index is 1.67. The maximum atomic E-state index is 12.2. The van der Waals surface area contributed by atoms with E-state index in [2.05, 4.69) is 15.5 Å². The molecule has 6 heteroatoms. The van der Waals surface area contributed by atoms with E-state index in [1.54, 1.807) is 18.2 Å². The number of aromatic nitrogens is 2. The molecule has 0 spiro atoms. The lowest BCUT2D eigenvalue weighted by molar-refractivity contribution is 0.102. The lowest BCUT2D eigenvalue weighted by Gasteiger charge is -2.00. The third-order valence-corrected chi connectivity index (χ3v) is 4.56. The fourth-order valence-corrected chi connectivity index (χ4v) is 2.88. The van der Waals surface area contributed by atoms with E-state index in [1.165, 1.54) is 0 Å². The first-order valence-electron chi connectivity index (χ1n) is 7.51. The van der Waals surface area contributed by atoms with E-state index in [0.717, 1.165) is 16.9 Å². The minimum Gasteiger partial charge on any atom is -0.320 e. The lowest BCUT2D eigenvalue weighted by atomic mass is 10.2. The van der Waals surface area contributed by atoms with Crippen LogP contribution < -0.4 is 5.32 Å². The Morgan fingerprint density at radius 1 is 0.960 bits per heavy atom. The molecule has 0 unspecified atom stereocenters. The number of rotatable bonds is 5. The maximum absolute atomic E-state index is 12.2. The summed E-state index contributed by atoms with van der Waals surface area (Å²) < 4.78 is 0. The molecule has 2 aromatic carbocycles. The van der Waals surface area contributed by atoms with Crippen LogP contribution in [0.5, 0.6) is 0 Å². The highest BCUT2D eigenvalue weighted by Crippen LogP contribution is 2.23. The Hall–Kier alpha value is -2.76. The summed E-state index contributed by atoms with van der Waals surface area (Å²) in [6, 6.07) is 19.1. The first-order chi connectivity index (χ1) is 12.2. The summed E-state index contributed by atoms with van der Waals surface area (Å²) in [4.78, 5) is 12.2. The minimum atomic E-state index is -0.306. The van der Waals surface area contributed by atoms with Crippen molar-refractivity contribution >= 4 is 45.6 Å². The minimum absolute atomic E-state index is 0.262. The molecule has 0 saturated heterocycles. The zero-order valence-electron chi connectivity index (χ0n) is 13.1. The highest BCUT2D eigenvalue weighted by atomic mass is 35.5. The SMILES string of the molecule is O=C(Nc1ccccc1)c1nnc(/C(Cl)=C/C=C/c2ccccc2)s1. The summed E-state index contributed by atoms with van der Waals surface area (Å²) in [7, 11) is 0. The van der Waals surface area contributed by atoms with Gasteiger partial charge >= 0.3 is 0 Å². The van der Waals surface area contributed by atoms with Gasteiger partial charge in [-0.3, -0.25) is 4.79 Å². The van der Waals surface area contributed by atoms with Crippen molar-refractivity contribution in [3.8, 4) is 0 Å². The van der Waals surface area contributed by atoms with Gasteiger partial charge in [-0.25, -0.2) is 0 Å². The van der Waals surface area contributed by atoms with Crippen LogP contribution in [0.15, 0.2) is 72.8 Å². The van der Waals surface area contributed by atoms with Gasteiger partial charge < -0.3 is 5.32 Å². The molecule has 0 aliphatic carbocycles. The Bertz CT molecular complexity index is 905. The van der Waals surface area contributed by atoms with E-state index in [4.69, 9.17) is 11.6 Å². The number of allylic oxidation sites excluding steroid dienone is 2. The van der Waals surface area contributed by atoms with Crippen molar-refractivity contribution in [3.05, 3.63) is 88.4 Å². The summed E-state index contributed by atoms with van der Waals surface area (Å²) in [5.41, 5.74) is 1.78. The molecule has 1 aromatic heterocycles. The summed E-state index contributed by atoms with van der Waals surface area (Å²) in [5.74, 6) is -0.306. The molecule has 4 nitrogen and oxygen atoms in total. The van der Waals surface area contributed by atoms with Crippen molar-refractivity contribution in [1.82, 2.24) is 10.2 Å². The van der Waals surface area contributed by atoms with Gasteiger partial charge in [0.25, 0.3) is 5.91 Å². The molecular formula is C19H14ClN3OS. The molecule has 0 bridgehead atoms. The molecule has 0 saturated carbocycles. The van der Waals surface area contributed by atoms with Crippen molar-refractivity contribution in [1.29, 1.82) is 0 Å². The Kier molecular flexibility index (Phi) is 5.72. The predicted molar refractivity (Wildman–Crippen MR) is 104 cm³/mol. The van der Waals surface area contributed by atoms with Gasteiger partial charge in [0.15, 0.2) is 5.01 Å². The summed E-state index contributed by atoms with van der Waals surface area (Å²) in [6.45, 7) is 0. The number of nitrogens with one attached hydrogen (secondary N) is 1. The predicted octanol–water partition coefficient (Wildman–Crippen LogP) is 5.08. The molecule has 0 radical (unpaired) electrons. The van der Waals surface area contributed by atoms with Gasteiger partial charge in [0.1, 0.15) is 0 Å². The van der Waals surface area contributed by atoms with Crippen LogP contribution in [-0.4, -0.2) is 16.1 Å². The molecule has 3 aromatic rings. The number of anilines is 1. The molecule has 1 N–H and O–H groups in total. The van der Waals surface area contributed by atoms with E-state index >= 15 is 0 Å². The summed E-state index contributed by atoms with van der Waals surface area (Å²) >= 11 is 7.38. The van der Waals surface area contributed by atoms with Crippen LogP contribution in [0.4, 0.5) is 5.69 Å². The van der Waals surface area contributed by atoms with E-state index < -0.39 is 0 Å². The topological polar surface area (TPSA) is 54.9 Å². The van der Waals surface area contributed by atoms with Gasteiger partial charge in [0.2, 0.25) is 5.01 Å². The average molecular weight is 368 g/mol. The van der Waals surface area contributed by atoms with Crippen LogP contribution in [0.2, 0.25) is 0 Å². The van der Waals surface area contributed by atoms with Crippen LogP contribution in [0.25, 0.3) is 11.1 Å². The second-order valence-corrected chi connectivity index (χ2v) is 6.40. The number of hydrogen-bond acceptors (Lipinski definition) is 4. The average Bonchev–Trinajstić information content (AvgIpc) is 3.14. The number of para-hydroxylation sites is 1. The van der Waals surface area contributed by atoms with Crippen LogP contribution in [0.1, 0.15) is 20.4 Å². The second-order valence-electron chi connectivity index (χ2n) is 5.02. The zero-order valence-corrected chi connectivity index (χ0v) is 14.7. The molecule has 0 fully saturated rings. The Morgan fingerprint density at radius 3 is 2.32 bits per heavy atom. The molecular weight excluding hydrogens is 354 g/mol. The fourth-order valence-electron chi connectivity index (χ4n) is 2.00. The zero-order chi connectivity index (χ0) is 17.5. The number of carbonyl (C=O) groups is 1. The monoisotopic (exact) mass is 367 g/mol. The first-order valence-corrected chi connectivity index (χ1v) is 8.71. The largest absolute Gasteiger partial charge is 0.320 e. The van der Waals surface area contributed by atoms with Gasteiger partial charge in [0.05, 0.1) is 5.03 Å². The second kappa shape index (κ2) is 8.37. The van der Waals surface area contributed by atoms with Gasteiger partial charge in [-0.2, -0.15) is 0 Å².